The second kappa shape index (κ2) is 4.38. The third-order valence-electron chi connectivity index (χ3n) is 3.36. The molecular weight excluding hydrogens is 302 g/mol. The van der Waals surface area contributed by atoms with Crippen LogP contribution < -0.4 is 5.73 Å². The van der Waals surface area contributed by atoms with Crippen LogP contribution in [-0.4, -0.2) is 9.38 Å². The van der Waals surface area contributed by atoms with Crippen molar-refractivity contribution in [2.45, 2.75) is 13.8 Å². The summed E-state index contributed by atoms with van der Waals surface area (Å²) in [7, 11) is 0. The number of rotatable bonds is 1. The van der Waals surface area contributed by atoms with Gasteiger partial charge >= 0.3 is 0 Å². The van der Waals surface area contributed by atoms with Gasteiger partial charge in [0.15, 0.2) is 5.65 Å². The van der Waals surface area contributed by atoms with E-state index in [1.165, 1.54) is 11.1 Å². The third kappa shape index (κ3) is 1.83. The van der Waals surface area contributed by atoms with E-state index in [1.54, 1.807) is 0 Å². The number of nitrogens with two attached hydrogens (primary N) is 1. The first kappa shape index (κ1) is 12.2. The van der Waals surface area contributed by atoms with Crippen LogP contribution in [0.3, 0.4) is 0 Å². The topological polar surface area (TPSA) is 43.3 Å². The summed E-state index contributed by atoms with van der Waals surface area (Å²) in [5, 5.41) is 0. The van der Waals surface area contributed by atoms with E-state index in [1.807, 2.05) is 22.7 Å². The molecule has 1 aromatic carbocycles. The van der Waals surface area contributed by atoms with Gasteiger partial charge in [-0.05, 0) is 53.0 Å². The molecule has 2 heterocycles. The molecule has 2 aromatic heterocycles. The molecule has 0 saturated heterocycles. The fourth-order valence-electron chi connectivity index (χ4n) is 2.42. The lowest BCUT2D eigenvalue weighted by molar-refractivity contribution is 1.19. The Bertz CT molecular complexity index is 754. The second-order valence-electron chi connectivity index (χ2n) is 4.66. The van der Waals surface area contributed by atoms with Crippen LogP contribution in [0.2, 0.25) is 0 Å². The van der Waals surface area contributed by atoms with Crippen molar-refractivity contribution >= 4 is 27.4 Å². The van der Waals surface area contributed by atoms with E-state index in [0.29, 0.717) is 5.82 Å². The summed E-state index contributed by atoms with van der Waals surface area (Å²) < 4.78 is 2.85. The number of pyridine rings is 1. The smallest absolute Gasteiger partial charge is 0.153 e. The van der Waals surface area contributed by atoms with Crippen molar-refractivity contribution in [1.29, 1.82) is 0 Å². The normalized spacial score (nSPS) is 11.1. The lowest BCUT2D eigenvalue weighted by Crippen LogP contribution is -1.96. The van der Waals surface area contributed by atoms with Gasteiger partial charge in [0.2, 0.25) is 0 Å². The van der Waals surface area contributed by atoms with Crippen molar-refractivity contribution in [3.8, 4) is 11.3 Å². The Morgan fingerprint density at radius 2 is 1.79 bits per heavy atom. The van der Waals surface area contributed by atoms with Gasteiger partial charge in [0.1, 0.15) is 11.5 Å². The highest BCUT2D eigenvalue weighted by Gasteiger charge is 2.16. The molecule has 0 atom stereocenters. The van der Waals surface area contributed by atoms with Crippen molar-refractivity contribution in [3.05, 3.63) is 52.1 Å². The van der Waals surface area contributed by atoms with Gasteiger partial charge in [-0.25, -0.2) is 4.98 Å². The van der Waals surface area contributed by atoms with Crippen LogP contribution in [0.1, 0.15) is 11.1 Å². The number of halogens is 1. The minimum atomic E-state index is 0.675. The van der Waals surface area contributed by atoms with Gasteiger partial charge in [-0.15, -0.1) is 0 Å². The molecule has 0 fully saturated rings. The number of anilines is 1. The summed E-state index contributed by atoms with van der Waals surface area (Å²) >= 11 is 3.52. The SMILES string of the molecule is Cc1cccc(C)c1-c1nc2c(Br)cccn2c1N. The van der Waals surface area contributed by atoms with E-state index >= 15 is 0 Å². The minimum Gasteiger partial charge on any atom is -0.383 e. The molecule has 0 amide bonds. The molecule has 0 aliphatic heterocycles. The van der Waals surface area contributed by atoms with Crippen molar-refractivity contribution in [2.75, 3.05) is 5.73 Å². The highest BCUT2D eigenvalue weighted by molar-refractivity contribution is 9.10. The van der Waals surface area contributed by atoms with Gasteiger partial charge in [0.25, 0.3) is 0 Å². The standard InChI is InChI=1S/C15H14BrN3/c1-9-5-3-6-10(2)12(9)13-14(17)19-8-4-7-11(16)15(19)18-13/h3-8H,17H2,1-2H3. The van der Waals surface area contributed by atoms with Crippen molar-refractivity contribution in [1.82, 2.24) is 9.38 Å². The number of aryl methyl sites for hydroxylation is 2. The van der Waals surface area contributed by atoms with Gasteiger partial charge in [-0.1, -0.05) is 18.2 Å². The summed E-state index contributed by atoms with van der Waals surface area (Å²) in [5.41, 5.74) is 11.4. The molecule has 0 aliphatic rings. The first-order valence-electron chi connectivity index (χ1n) is 6.08. The molecule has 2 N–H and O–H groups in total. The number of aromatic nitrogens is 2. The van der Waals surface area contributed by atoms with E-state index < -0.39 is 0 Å². The quantitative estimate of drug-likeness (QED) is 0.738. The number of nitrogen functional groups attached to an aromatic ring is 1. The van der Waals surface area contributed by atoms with Crippen molar-refractivity contribution in [3.63, 3.8) is 0 Å². The Kier molecular flexibility index (Phi) is 2.82. The molecular formula is C15H14BrN3. The van der Waals surface area contributed by atoms with E-state index in [9.17, 15) is 0 Å². The Morgan fingerprint density at radius 3 is 2.42 bits per heavy atom. The van der Waals surface area contributed by atoms with E-state index in [4.69, 9.17) is 10.7 Å². The number of hydrogen-bond donors (Lipinski definition) is 1. The fraction of sp³-hybridized carbons (Fsp3) is 0.133. The molecule has 4 heteroatoms. The lowest BCUT2D eigenvalue weighted by atomic mass is 10.0. The van der Waals surface area contributed by atoms with Gasteiger partial charge in [0, 0.05) is 11.8 Å². The maximum absolute atomic E-state index is 6.26. The van der Waals surface area contributed by atoms with Crippen molar-refractivity contribution < 1.29 is 0 Å². The zero-order valence-electron chi connectivity index (χ0n) is 10.8. The van der Waals surface area contributed by atoms with Crippen LogP contribution in [0.25, 0.3) is 16.9 Å². The summed E-state index contributed by atoms with van der Waals surface area (Å²) in [6.07, 6.45) is 1.93. The first-order valence-corrected chi connectivity index (χ1v) is 6.87. The second-order valence-corrected chi connectivity index (χ2v) is 5.52. The van der Waals surface area contributed by atoms with Gasteiger partial charge in [-0.3, -0.25) is 4.40 Å². The molecule has 19 heavy (non-hydrogen) atoms. The molecule has 3 aromatic rings. The van der Waals surface area contributed by atoms with Gasteiger partial charge in [-0.2, -0.15) is 0 Å². The Balaban J connectivity index is 2.38. The lowest BCUT2D eigenvalue weighted by Gasteiger charge is -2.07. The molecule has 0 unspecified atom stereocenters. The predicted octanol–water partition coefficient (Wildman–Crippen LogP) is 3.96. The molecule has 3 nitrogen and oxygen atoms in total. The van der Waals surface area contributed by atoms with Crippen LogP contribution >= 0.6 is 15.9 Å². The van der Waals surface area contributed by atoms with Crippen LogP contribution in [0, 0.1) is 13.8 Å². The highest BCUT2D eigenvalue weighted by atomic mass is 79.9. The van der Waals surface area contributed by atoms with Gasteiger partial charge in [0.05, 0.1) is 4.47 Å². The average molecular weight is 316 g/mol. The number of fused-ring (bicyclic) bond motifs is 1. The summed E-state index contributed by atoms with van der Waals surface area (Å²) in [6.45, 7) is 4.17. The summed E-state index contributed by atoms with van der Waals surface area (Å²) in [4.78, 5) is 4.69. The first-order chi connectivity index (χ1) is 9.09. The van der Waals surface area contributed by atoms with Crippen LogP contribution in [-0.2, 0) is 0 Å². The number of hydrogen-bond acceptors (Lipinski definition) is 2. The predicted molar refractivity (Wildman–Crippen MR) is 82.2 cm³/mol. The van der Waals surface area contributed by atoms with Crippen molar-refractivity contribution in [2.24, 2.45) is 0 Å². The van der Waals surface area contributed by atoms with Gasteiger partial charge < -0.3 is 5.73 Å². The zero-order valence-corrected chi connectivity index (χ0v) is 12.4. The molecule has 96 valence electrons. The summed E-state index contributed by atoms with van der Waals surface area (Å²) in [6, 6.07) is 10.1. The molecule has 0 bridgehead atoms. The molecule has 0 aliphatic carbocycles. The minimum absolute atomic E-state index is 0.675. The largest absolute Gasteiger partial charge is 0.383 e. The fourth-order valence-corrected chi connectivity index (χ4v) is 2.86. The maximum Gasteiger partial charge on any atom is 0.153 e. The number of benzene rings is 1. The summed E-state index contributed by atoms with van der Waals surface area (Å²) in [5.74, 6) is 0.675. The van der Waals surface area contributed by atoms with E-state index in [0.717, 1.165) is 21.4 Å². The molecule has 0 spiro atoms. The molecule has 3 rings (SSSR count). The number of imidazole rings is 1. The Hall–Kier alpha value is -1.81. The molecule has 0 saturated carbocycles. The zero-order chi connectivity index (χ0) is 13.6. The maximum atomic E-state index is 6.26. The Morgan fingerprint density at radius 1 is 1.11 bits per heavy atom. The average Bonchev–Trinajstić information content (AvgIpc) is 2.69. The monoisotopic (exact) mass is 315 g/mol. The van der Waals surface area contributed by atoms with Crippen LogP contribution in [0.15, 0.2) is 41.0 Å². The number of nitrogens with zero attached hydrogens (tertiary/aromatic N) is 2. The Labute approximate surface area is 120 Å². The van der Waals surface area contributed by atoms with E-state index in [2.05, 4.69) is 48.0 Å². The third-order valence-corrected chi connectivity index (χ3v) is 3.98. The van der Waals surface area contributed by atoms with E-state index in [-0.39, 0.29) is 0 Å². The van der Waals surface area contributed by atoms with Crippen LogP contribution in [0.5, 0.6) is 0 Å². The highest BCUT2D eigenvalue weighted by Crippen LogP contribution is 2.33. The molecule has 0 radical (unpaired) electrons. The van der Waals surface area contributed by atoms with Crippen LogP contribution in [0.4, 0.5) is 5.82 Å².